The van der Waals surface area contributed by atoms with Gasteiger partial charge in [-0.3, -0.25) is 4.79 Å². The zero-order valence-corrected chi connectivity index (χ0v) is 20.1. The van der Waals surface area contributed by atoms with Crippen molar-refractivity contribution in [2.45, 2.75) is 52.6 Å². The van der Waals surface area contributed by atoms with Crippen LogP contribution in [0.5, 0.6) is 0 Å². The van der Waals surface area contributed by atoms with E-state index >= 15 is 0 Å². The van der Waals surface area contributed by atoms with Gasteiger partial charge in [-0.15, -0.1) is 0 Å². The molecule has 1 saturated carbocycles. The van der Waals surface area contributed by atoms with Gasteiger partial charge in [0.1, 0.15) is 17.3 Å². The molecule has 0 radical (unpaired) electrons. The van der Waals surface area contributed by atoms with Crippen LogP contribution >= 0.6 is 0 Å². The molecule has 0 bridgehead atoms. The van der Waals surface area contributed by atoms with Crippen molar-refractivity contribution in [3.05, 3.63) is 59.0 Å². The molecule has 1 aromatic carbocycles. The van der Waals surface area contributed by atoms with E-state index in [1.165, 1.54) is 19.9 Å². The normalized spacial score (nSPS) is 14.6. The molecule has 34 heavy (non-hydrogen) atoms. The zero-order valence-electron chi connectivity index (χ0n) is 20.1. The van der Waals surface area contributed by atoms with E-state index in [0.29, 0.717) is 40.6 Å². The fourth-order valence-corrected chi connectivity index (χ4v) is 3.38. The number of aromatic nitrogens is 1. The summed E-state index contributed by atoms with van der Waals surface area (Å²) in [6, 6.07) is 6.53. The summed E-state index contributed by atoms with van der Waals surface area (Å²) in [5.41, 5.74) is 1.56. The van der Waals surface area contributed by atoms with E-state index in [-0.39, 0.29) is 23.9 Å². The van der Waals surface area contributed by atoms with Crippen LogP contribution < -0.4 is 10.6 Å². The summed E-state index contributed by atoms with van der Waals surface area (Å²) in [5, 5.41) is 5.80. The molecule has 0 unspecified atom stereocenters. The third kappa shape index (κ3) is 6.79. The van der Waals surface area contributed by atoms with Gasteiger partial charge in [-0.05, 0) is 83.5 Å². The average molecular weight is 468 g/mol. The van der Waals surface area contributed by atoms with Gasteiger partial charge in [0.15, 0.2) is 5.84 Å². The zero-order chi connectivity index (χ0) is 24.9. The largest absolute Gasteiger partial charge is 0.383 e. The molecular formula is C26H31F2N5O. The standard InChI is InChI=1S/C26H31F2N5O/c1-6-21(19-15-22(20(27)13-16(19)2)30-12-10-26(3,4)28)32-24(29-5)18-9-11-31-23(14-18)33-25(34)17-7-8-17/h6,9,11,13-15,17,30H,5,7-8,10,12H2,1-4H3,(H,31,33,34)/b21-6-,32-24?. The Morgan fingerprint density at radius 2 is 2.06 bits per heavy atom. The second-order valence-electron chi connectivity index (χ2n) is 9.00. The lowest BCUT2D eigenvalue weighted by molar-refractivity contribution is -0.117. The molecule has 0 spiro atoms. The molecule has 180 valence electrons. The minimum absolute atomic E-state index is 0.0399. The monoisotopic (exact) mass is 467 g/mol. The third-order valence-electron chi connectivity index (χ3n) is 5.49. The van der Waals surface area contributed by atoms with Crippen molar-refractivity contribution in [2.75, 3.05) is 17.2 Å². The van der Waals surface area contributed by atoms with E-state index < -0.39 is 11.5 Å². The first-order chi connectivity index (χ1) is 16.1. The molecule has 1 aliphatic rings. The van der Waals surface area contributed by atoms with E-state index in [2.05, 4.69) is 32.3 Å². The highest BCUT2D eigenvalue weighted by molar-refractivity contribution is 6.05. The van der Waals surface area contributed by atoms with Gasteiger partial charge in [-0.25, -0.2) is 23.7 Å². The van der Waals surface area contributed by atoms with Crippen molar-refractivity contribution >= 4 is 35.7 Å². The number of alkyl halides is 1. The van der Waals surface area contributed by atoms with Gasteiger partial charge in [0.2, 0.25) is 5.91 Å². The summed E-state index contributed by atoms with van der Waals surface area (Å²) in [4.78, 5) is 25.0. The van der Waals surface area contributed by atoms with Crippen molar-refractivity contribution in [1.29, 1.82) is 0 Å². The van der Waals surface area contributed by atoms with Gasteiger partial charge in [-0.2, -0.15) is 0 Å². The summed E-state index contributed by atoms with van der Waals surface area (Å²) in [7, 11) is 0. The van der Waals surface area contributed by atoms with E-state index in [1.807, 2.05) is 6.92 Å². The van der Waals surface area contributed by atoms with E-state index in [4.69, 9.17) is 0 Å². The van der Waals surface area contributed by atoms with Crippen LogP contribution in [0.3, 0.4) is 0 Å². The number of rotatable bonds is 9. The van der Waals surface area contributed by atoms with Crippen molar-refractivity contribution < 1.29 is 13.6 Å². The number of pyridine rings is 1. The number of aryl methyl sites for hydroxylation is 1. The molecule has 1 aliphatic carbocycles. The predicted octanol–water partition coefficient (Wildman–Crippen LogP) is 5.94. The molecule has 6 nitrogen and oxygen atoms in total. The molecule has 1 fully saturated rings. The average Bonchev–Trinajstić information content (AvgIpc) is 3.62. The van der Waals surface area contributed by atoms with Gasteiger partial charge in [-0.1, -0.05) is 6.08 Å². The number of carbonyl (C=O) groups excluding carboxylic acids is 1. The summed E-state index contributed by atoms with van der Waals surface area (Å²) in [5.74, 6) is 0.375. The molecule has 1 amide bonds. The van der Waals surface area contributed by atoms with E-state index in [0.717, 1.165) is 12.8 Å². The topological polar surface area (TPSA) is 78.7 Å². The molecule has 2 N–H and O–H groups in total. The van der Waals surface area contributed by atoms with Gasteiger partial charge in [0, 0.05) is 29.8 Å². The van der Waals surface area contributed by atoms with Gasteiger partial charge in [0.25, 0.3) is 0 Å². The van der Waals surface area contributed by atoms with Crippen LogP contribution in [0.25, 0.3) is 5.70 Å². The maximum absolute atomic E-state index is 14.5. The van der Waals surface area contributed by atoms with Crippen LogP contribution in [-0.4, -0.2) is 35.7 Å². The summed E-state index contributed by atoms with van der Waals surface area (Å²) in [6.45, 7) is 10.5. The maximum Gasteiger partial charge on any atom is 0.228 e. The van der Waals surface area contributed by atoms with Crippen LogP contribution in [0, 0.1) is 18.7 Å². The number of halogens is 2. The first kappa shape index (κ1) is 25.2. The molecule has 0 aliphatic heterocycles. The molecule has 1 heterocycles. The molecule has 8 heteroatoms. The SMILES string of the molecule is C=NC(=N/C(=C\C)c1cc(NCCC(C)(C)F)c(F)cc1C)c1ccnc(NC(=O)C2CC2)c1. The first-order valence-corrected chi connectivity index (χ1v) is 11.3. The number of carbonyl (C=O) groups is 1. The number of amides is 1. The summed E-state index contributed by atoms with van der Waals surface area (Å²) in [6.07, 6.45) is 5.42. The number of aliphatic imine (C=N–C) groups is 2. The highest BCUT2D eigenvalue weighted by atomic mass is 19.1. The molecule has 3 rings (SSSR count). The van der Waals surface area contributed by atoms with Crippen LogP contribution in [-0.2, 0) is 4.79 Å². The molecule has 0 atom stereocenters. The van der Waals surface area contributed by atoms with Crippen LogP contribution in [0.4, 0.5) is 20.3 Å². The Balaban J connectivity index is 1.87. The lowest BCUT2D eigenvalue weighted by Gasteiger charge is -2.17. The highest BCUT2D eigenvalue weighted by Gasteiger charge is 2.29. The number of nitrogens with one attached hydrogen (secondary N) is 2. The minimum atomic E-state index is -1.35. The van der Waals surface area contributed by atoms with Crippen LogP contribution in [0.1, 0.15) is 56.7 Å². The number of amidine groups is 1. The number of anilines is 2. The van der Waals surface area contributed by atoms with Crippen molar-refractivity contribution in [1.82, 2.24) is 4.98 Å². The van der Waals surface area contributed by atoms with Crippen molar-refractivity contribution in [3.63, 3.8) is 0 Å². The Morgan fingerprint density at radius 3 is 2.68 bits per heavy atom. The summed E-state index contributed by atoms with van der Waals surface area (Å²) >= 11 is 0. The minimum Gasteiger partial charge on any atom is -0.383 e. The second kappa shape index (κ2) is 10.7. The Morgan fingerprint density at radius 1 is 1.32 bits per heavy atom. The Kier molecular flexibility index (Phi) is 7.91. The fourth-order valence-electron chi connectivity index (χ4n) is 3.38. The Hall–Kier alpha value is -3.42. The molecular weight excluding hydrogens is 436 g/mol. The first-order valence-electron chi connectivity index (χ1n) is 11.3. The van der Waals surface area contributed by atoms with Crippen molar-refractivity contribution in [2.24, 2.45) is 15.9 Å². The van der Waals surface area contributed by atoms with Crippen LogP contribution in [0.2, 0.25) is 0 Å². The number of benzene rings is 1. The Labute approximate surface area is 199 Å². The van der Waals surface area contributed by atoms with E-state index in [1.54, 1.807) is 37.4 Å². The highest BCUT2D eigenvalue weighted by Crippen LogP contribution is 2.30. The maximum atomic E-state index is 14.5. The third-order valence-corrected chi connectivity index (χ3v) is 5.49. The van der Waals surface area contributed by atoms with Gasteiger partial charge < -0.3 is 10.6 Å². The lowest BCUT2D eigenvalue weighted by atomic mass is 10.0. The second-order valence-corrected chi connectivity index (χ2v) is 9.00. The number of allylic oxidation sites excluding steroid dienone is 1. The summed E-state index contributed by atoms with van der Waals surface area (Å²) < 4.78 is 28.3. The fraction of sp³-hybridized carbons (Fsp3) is 0.385. The molecule has 2 aromatic rings. The number of hydrogen-bond acceptors (Lipinski definition) is 4. The predicted molar refractivity (Wildman–Crippen MR) is 135 cm³/mol. The smallest absolute Gasteiger partial charge is 0.228 e. The van der Waals surface area contributed by atoms with Gasteiger partial charge >= 0.3 is 0 Å². The number of nitrogens with zero attached hydrogens (tertiary/aromatic N) is 3. The Bertz CT molecular complexity index is 1130. The molecule has 1 aromatic heterocycles. The van der Waals surface area contributed by atoms with E-state index in [9.17, 15) is 13.6 Å². The van der Waals surface area contributed by atoms with Gasteiger partial charge in [0.05, 0.1) is 11.4 Å². The number of hydrogen-bond donors (Lipinski definition) is 2. The lowest BCUT2D eigenvalue weighted by Crippen LogP contribution is -2.18. The molecule has 0 saturated heterocycles. The van der Waals surface area contributed by atoms with Crippen molar-refractivity contribution in [3.8, 4) is 0 Å². The van der Waals surface area contributed by atoms with Crippen LogP contribution in [0.15, 0.2) is 46.5 Å². The quantitative estimate of drug-likeness (QED) is 0.354.